The lowest BCUT2D eigenvalue weighted by molar-refractivity contribution is -0.145. The molecule has 0 spiro atoms. The molecule has 1 aliphatic rings. The summed E-state index contributed by atoms with van der Waals surface area (Å²) in [6.45, 7) is 2.25. The van der Waals surface area contributed by atoms with Crippen LogP contribution >= 0.6 is 0 Å². The number of allylic oxidation sites excluding steroid dienone is 1. The first-order valence-electron chi connectivity index (χ1n) is 4.30. The van der Waals surface area contributed by atoms with Gasteiger partial charge in [0.2, 0.25) is 5.91 Å². The molecule has 1 heterocycles. The molecule has 1 unspecified atom stereocenters. The minimum Gasteiger partial charge on any atom is -0.480 e. The molecule has 1 fully saturated rings. The van der Waals surface area contributed by atoms with E-state index in [1.165, 1.54) is 4.90 Å². The average molecular weight is 183 g/mol. The van der Waals surface area contributed by atoms with Gasteiger partial charge in [0, 0.05) is 13.0 Å². The van der Waals surface area contributed by atoms with Crippen molar-refractivity contribution in [3.8, 4) is 0 Å². The zero-order chi connectivity index (χ0) is 9.84. The fourth-order valence-corrected chi connectivity index (χ4v) is 1.44. The first-order valence-corrected chi connectivity index (χ1v) is 4.30. The van der Waals surface area contributed by atoms with Crippen LogP contribution in [0.5, 0.6) is 0 Å². The molecule has 4 nitrogen and oxygen atoms in total. The molecule has 1 saturated heterocycles. The van der Waals surface area contributed by atoms with Crippen molar-refractivity contribution in [3.05, 3.63) is 12.2 Å². The van der Waals surface area contributed by atoms with E-state index in [0.717, 1.165) is 0 Å². The van der Waals surface area contributed by atoms with Gasteiger partial charge in [-0.15, -0.1) is 0 Å². The predicted molar refractivity (Wildman–Crippen MR) is 47.2 cm³/mol. The van der Waals surface area contributed by atoms with Crippen LogP contribution in [0, 0.1) is 0 Å². The highest BCUT2D eigenvalue weighted by Gasteiger charge is 2.34. The van der Waals surface area contributed by atoms with Crippen LogP contribution in [0.4, 0.5) is 0 Å². The SMILES string of the molecule is CC=CCN1C(=O)CCC1C(=O)O. The van der Waals surface area contributed by atoms with E-state index >= 15 is 0 Å². The highest BCUT2D eigenvalue weighted by molar-refractivity contribution is 5.87. The van der Waals surface area contributed by atoms with E-state index in [9.17, 15) is 9.59 Å². The molecule has 0 aromatic carbocycles. The standard InChI is InChI=1S/C9H13NO3/c1-2-3-6-10-7(9(12)13)4-5-8(10)11/h2-3,7H,4-6H2,1H3,(H,12,13). The lowest BCUT2D eigenvalue weighted by Gasteiger charge is -2.19. The molecule has 0 bridgehead atoms. The zero-order valence-electron chi connectivity index (χ0n) is 7.56. The molecular formula is C9H13NO3. The first kappa shape index (κ1) is 9.77. The van der Waals surface area contributed by atoms with Crippen LogP contribution in [0.1, 0.15) is 19.8 Å². The molecule has 72 valence electrons. The van der Waals surface area contributed by atoms with E-state index in [1.54, 1.807) is 6.08 Å². The molecule has 0 radical (unpaired) electrons. The van der Waals surface area contributed by atoms with Crippen molar-refractivity contribution >= 4 is 11.9 Å². The number of likely N-dealkylation sites (tertiary alicyclic amines) is 1. The Morgan fingerprint density at radius 2 is 2.46 bits per heavy atom. The summed E-state index contributed by atoms with van der Waals surface area (Å²) in [5.41, 5.74) is 0. The van der Waals surface area contributed by atoms with Gasteiger partial charge in [-0.2, -0.15) is 0 Å². The number of hydrogen-bond acceptors (Lipinski definition) is 2. The third-order valence-electron chi connectivity index (χ3n) is 2.15. The summed E-state index contributed by atoms with van der Waals surface area (Å²) < 4.78 is 0. The molecule has 1 atom stereocenters. The van der Waals surface area contributed by atoms with Gasteiger partial charge in [-0.05, 0) is 13.3 Å². The van der Waals surface area contributed by atoms with E-state index in [1.807, 2.05) is 13.0 Å². The number of carboxylic acid groups (broad SMARTS) is 1. The number of rotatable bonds is 3. The van der Waals surface area contributed by atoms with E-state index in [-0.39, 0.29) is 5.91 Å². The van der Waals surface area contributed by atoms with Crippen molar-refractivity contribution in [2.45, 2.75) is 25.8 Å². The maximum Gasteiger partial charge on any atom is 0.326 e. The van der Waals surface area contributed by atoms with Gasteiger partial charge in [0.1, 0.15) is 6.04 Å². The zero-order valence-corrected chi connectivity index (χ0v) is 7.56. The van der Waals surface area contributed by atoms with Gasteiger partial charge in [0.05, 0.1) is 0 Å². The van der Waals surface area contributed by atoms with Crippen molar-refractivity contribution in [3.63, 3.8) is 0 Å². The lowest BCUT2D eigenvalue weighted by Crippen LogP contribution is -2.38. The van der Waals surface area contributed by atoms with Gasteiger partial charge in [0.25, 0.3) is 0 Å². The highest BCUT2D eigenvalue weighted by Crippen LogP contribution is 2.18. The van der Waals surface area contributed by atoms with Gasteiger partial charge >= 0.3 is 5.97 Å². The molecule has 13 heavy (non-hydrogen) atoms. The second-order valence-electron chi connectivity index (χ2n) is 3.01. The summed E-state index contributed by atoms with van der Waals surface area (Å²) in [6, 6.07) is -0.622. The molecule has 1 amide bonds. The Balaban J connectivity index is 2.65. The molecule has 0 aromatic rings. The van der Waals surface area contributed by atoms with Crippen LogP contribution in [0.3, 0.4) is 0 Å². The smallest absolute Gasteiger partial charge is 0.326 e. The van der Waals surface area contributed by atoms with Crippen molar-refractivity contribution < 1.29 is 14.7 Å². The second kappa shape index (κ2) is 4.07. The summed E-state index contributed by atoms with van der Waals surface area (Å²) in [5.74, 6) is -0.971. The Morgan fingerprint density at radius 3 is 3.00 bits per heavy atom. The maximum atomic E-state index is 11.2. The van der Waals surface area contributed by atoms with Crippen LogP contribution in [0.2, 0.25) is 0 Å². The number of hydrogen-bond donors (Lipinski definition) is 1. The fourth-order valence-electron chi connectivity index (χ4n) is 1.44. The Morgan fingerprint density at radius 1 is 1.77 bits per heavy atom. The molecule has 1 aliphatic heterocycles. The second-order valence-corrected chi connectivity index (χ2v) is 3.01. The van der Waals surface area contributed by atoms with Crippen molar-refractivity contribution in [1.29, 1.82) is 0 Å². The molecule has 4 heteroatoms. The number of amides is 1. The summed E-state index contributed by atoms with van der Waals surface area (Å²) in [6.07, 6.45) is 4.39. The summed E-state index contributed by atoms with van der Waals surface area (Å²) in [5, 5.41) is 8.78. The van der Waals surface area contributed by atoms with E-state index < -0.39 is 12.0 Å². The fraction of sp³-hybridized carbons (Fsp3) is 0.556. The molecule has 0 aromatic heterocycles. The Hall–Kier alpha value is -1.32. The lowest BCUT2D eigenvalue weighted by atomic mass is 10.2. The number of aliphatic carboxylic acids is 1. The number of carboxylic acids is 1. The van der Waals surface area contributed by atoms with Crippen molar-refractivity contribution in [2.24, 2.45) is 0 Å². The van der Waals surface area contributed by atoms with Crippen LogP contribution in [-0.4, -0.2) is 34.5 Å². The van der Waals surface area contributed by atoms with Gasteiger partial charge in [0.15, 0.2) is 0 Å². The van der Waals surface area contributed by atoms with Crippen molar-refractivity contribution in [1.82, 2.24) is 4.90 Å². The Kier molecular flexibility index (Phi) is 3.06. The third-order valence-corrected chi connectivity index (χ3v) is 2.15. The van der Waals surface area contributed by atoms with Crippen LogP contribution in [0.15, 0.2) is 12.2 Å². The topological polar surface area (TPSA) is 57.6 Å². The minimum atomic E-state index is -0.907. The highest BCUT2D eigenvalue weighted by atomic mass is 16.4. The summed E-state index contributed by atoms with van der Waals surface area (Å²) >= 11 is 0. The first-order chi connectivity index (χ1) is 6.16. The molecule has 0 aliphatic carbocycles. The predicted octanol–water partition coefficient (Wildman–Crippen LogP) is 0.638. The Labute approximate surface area is 76.8 Å². The Bertz CT molecular complexity index is 247. The number of nitrogens with zero attached hydrogens (tertiary/aromatic N) is 1. The van der Waals surface area contributed by atoms with Gasteiger partial charge in [-0.3, -0.25) is 4.79 Å². The number of carbonyl (C=O) groups excluding carboxylic acids is 1. The molecule has 1 rings (SSSR count). The summed E-state index contributed by atoms with van der Waals surface area (Å²) in [7, 11) is 0. The molecular weight excluding hydrogens is 170 g/mol. The largest absolute Gasteiger partial charge is 0.480 e. The normalized spacial score (nSPS) is 23.0. The van der Waals surface area contributed by atoms with Crippen LogP contribution in [0.25, 0.3) is 0 Å². The monoisotopic (exact) mass is 183 g/mol. The molecule has 1 N–H and O–H groups in total. The molecule has 0 saturated carbocycles. The van der Waals surface area contributed by atoms with Gasteiger partial charge < -0.3 is 10.0 Å². The van der Waals surface area contributed by atoms with Crippen LogP contribution < -0.4 is 0 Å². The van der Waals surface area contributed by atoms with E-state index in [0.29, 0.717) is 19.4 Å². The van der Waals surface area contributed by atoms with Gasteiger partial charge in [-0.25, -0.2) is 4.79 Å². The summed E-state index contributed by atoms with van der Waals surface area (Å²) in [4.78, 5) is 23.3. The van der Waals surface area contributed by atoms with E-state index in [2.05, 4.69) is 0 Å². The minimum absolute atomic E-state index is 0.0644. The third kappa shape index (κ3) is 2.08. The van der Waals surface area contributed by atoms with Gasteiger partial charge in [-0.1, -0.05) is 12.2 Å². The average Bonchev–Trinajstić information content (AvgIpc) is 2.43. The van der Waals surface area contributed by atoms with E-state index in [4.69, 9.17) is 5.11 Å². The maximum absolute atomic E-state index is 11.2. The number of carbonyl (C=O) groups is 2. The van der Waals surface area contributed by atoms with Crippen molar-refractivity contribution in [2.75, 3.05) is 6.54 Å². The van der Waals surface area contributed by atoms with Crippen LogP contribution in [-0.2, 0) is 9.59 Å². The quantitative estimate of drug-likeness (QED) is 0.653.